The summed E-state index contributed by atoms with van der Waals surface area (Å²) in [6, 6.07) is 14.8. The molecule has 1 aliphatic rings. The first-order valence-corrected chi connectivity index (χ1v) is 13.4. The maximum atomic E-state index is 12.4. The van der Waals surface area contributed by atoms with Crippen molar-refractivity contribution in [2.24, 2.45) is 0 Å². The second kappa shape index (κ2) is 10.5. The van der Waals surface area contributed by atoms with Crippen LogP contribution in [0, 0.1) is 0 Å². The Labute approximate surface area is 202 Å². The number of benzene rings is 2. The number of hydrogen-bond donors (Lipinski definition) is 1. The smallest absolute Gasteiger partial charge is 0.277 e. The predicted molar refractivity (Wildman–Crippen MR) is 131 cm³/mol. The number of nitrogens with one attached hydrogen (secondary N) is 1. The number of carbonyl (C=O) groups excluding carboxylic acids is 1. The van der Waals surface area contributed by atoms with Gasteiger partial charge in [-0.25, -0.2) is 8.42 Å². The van der Waals surface area contributed by atoms with Crippen LogP contribution in [0.25, 0.3) is 11.5 Å². The molecule has 0 aliphatic carbocycles. The Bertz CT molecular complexity index is 1240. The van der Waals surface area contributed by atoms with E-state index in [0.29, 0.717) is 48.7 Å². The molecular weight excluding hydrogens is 478 g/mol. The minimum absolute atomic E-state index is 0.120. The fourth-order valence-electron chi connectivity index (χ4n) is 3.50. The normalized spacial score (nSPS) is 14.7. The van der Waals surface area contributed by atoms with Crippen LogP contribution in [0.3, 0.4) is 0 Å². The molecule has 0 saturated carbocycles. The Kier molecular flexibility index (Phi) is 7.39. The van der Waals surface area contributed by atoms with Crippen LogP contribution in [0.5, 0.6) is 5.75 Å². The zero-order valence-corrected chi connectivity index (χ0v) is 20.4. The van der Waals surface area contributed by atoms with E-state index in [-0.39, 0.29) is 11.7 Å². The number of nitrogens with zero attached hydrogens (tertiary/aromatic N) is 4. The minimum Gasteiger partial charge on any atom is -0.497 e. The van der Waals surface area contributed by atoms with Crippen LogP contribution in [0.1, 0.15) is 0 Å². The highest BCUT2D eigenvalue weighted by molar-refractivity contribution is 7.99. The van der Waals surface area contributed by atoms with Gasteiger partial charge in [-0.3, -0.25) is 4.79 Å². The number of rotatable bonds is 8. The third kappa shape index (κ3) is 6.07. The van der Waals surface area contributed by atoms with Crippen molar-refractivity contribution in [3.8, 4) is 17.2 Å². The molecule has 0 spiro atoms. The van der Waals surface area contributed by atoms with Gasteiger partial charge in [0.2, 0.25) is 21.8 Å². The van der Waals surface area contributed by atoms with Crippen molar-refractivity contribution in [2.45, 2.75) is 5.22 Å². The molecule has 2 heterocycles. The van der Waals surface area contributed by atoms with Gasteiger partial charge in [-0.15, -0.1) is 10.2 Å². The van der Waals surface area contributed by atoms with Gasteiger partial charge < -0.3 is 19.4 Å². The molecule has 2 aromatic carbocycles. The summed E-state index contributed by atoms with van der Waals surface area (Å²) >= 11 is 1.16. The van der Waals surface area contributed by atoms with Crippen LogP contribution in [-0.2, 0) is 14.8 Å². The van der Waals surface area contributed by atoms with Crippen LogP contribution < -0.4 is 15.0 Å². The molecule has 12 heteroatoms. The summed E-state index contributed by atoms with van der Waals surface area (Å²) in [4.78, 5) is 14.5. The van der Waals surface area contributed by atoms with Gasteiger partial charge in [0.05, 0.1) is 19.1 Å². The monoisotopic (exact) mass is 503 g/mol. The highest BCUT2D eigenvalue weighted by Crippen LogP contribution is 2.26. The summed E-state index contributed by atoms with van der Waals surface area (Å²) in [5.41, 5.74) is 2.39. The number of thioether (sulfide) groups is 1. The van der Waals surface area contributed by atoms with Crippen molar-refractivity contribution in [2.75, 3.05) is 55.5 Å². The van der Waals surface area contributed by atoms with Gasteiger partial charge in [0.15, 0.2) is 0 Å². The summed E-state index contributed by atoms with van der Waals surface area (Å²) in [5, 5.41) is 11.2. The summed E-state index contributed by atoms with van der Waals surface area (Å²) in [7, 11) is -1.57. The van der Waals surface area contributed by atoms with Gasteiger partial charge in [0.1, 0.15) is 5.75 Å². The van der Waals surface area contributed by atoms with Gasteiger partial charge in [0.25, 0.3) is 5.22 Å². The van der Waals surface area contributed by atoms with E-state index in [4.69, 9.17) is 9.15 Å². The zero-order valence-electron chi connectivity index (χ0n) is 18.8. The molecule has 0 bridgehead atoms. The average molecular weight is 504 g/mol. The number of carbonyl (C=O) groups is 1. The number of sulfonamides is 1. The van der Waals surface area contributed by atoms with Crippen LogP contribution >= 0.6 is 11.8 Å². The molecule has 10 nitrogen and oxygen atoms in total. The summed E-state index contributed by atoms with van der Waals surface area (Å²) in [6.07, 6.45) is 1.23. The van der Waals surface area contributed by atoms with E-state index in [9.17, 15) is 13.2 Å². The largest absolute Gasteiger partial charge is 0.497 e. The quantitative estimate of drug-likeness (QED) is 0.463. The lowest BCUT2D eigenvalue weighted by Gasteiger charge is -2.34. The van der Waals surface area contributed by atoms with Crippen molar-refractivity contribution in [1.82, 2.24) is 14.5 Å². The van der Waals surface area contributed by atoms with Crippen LogP contribution in [0.15, 0.2) is 58.2 Å². The van der Waals surface area contributed by atoms with Crippen molar-refractivity contribution < 1.29 is 22.4 Å². The Balaban J connectivity index is 1.27. The molecule has 1 fully saturated rings. The number of anilines is 2. The number of ether oxygens (including phenoxy) is 1. The van der Waals surface area contributed by atoms with Crippen LogP contribution in [0.4, 0.5) is 11.4 Å². The van der Waals surface area contributed by atoms with Crippen LogP contribution in [-0.4, -0.2) is 74.1 Å². The second-order valence-electron chi connectivity index (χ2n) is 7.64. The summed E-state index contributed by atoms with van der Waals surface area (Å²) < 4.78 is 35.6. The van der Waals surface area contributed by atoms with E-state index >= 15 is 0 Å². The van der Waals surface area contributed by atoms with Crippen molar-refractivity contribution in [1.29, 1.82) is 0 Å². The molecule has 1 aromatic heterocycles. The molecule has 3 aromatic rings. The van der Waals surface area contributed by atoms with E-state index in [2.05, 4.69) is 20.4 Å². The number of hydrogen-bond acceptors (Lipinski definition) is 9. The summed E-state index contributed by atoms with van der Waals surface area (Å²) in [6.45, 7) is 2.17. The molecule has 1 aliphatic heterocycles. The Morgan fingerprint density at radius 2 is 1.85 bits per heavy atom. The molecule has 34 heavy (non-hydrogen) atoms. The third-order valence-corrected chi connectivity index (χ3v) is 7.40. The number of methoxy groups -OCH3 is 1. The van der Waals surface area contributed by atoms with Crippen molar-refractivity contribution in [3.63, 3.8) is 0 Å². The first-order valence-electron chi connectivity index (χ1n) is 10.5. The van der Waals surface area contributed by atoms with Gasteiger partial charge >= 0.3 is 0 Å². The predicted octanol–water partition coefficient (Wildman–Crippen LogP) is 2.56. The molecule has 0 radical (unpaired) electrons. The minimum atomic E-state index is -3.16. The maximum absolute atomic E-state index is 12.4. The van der Waals surface area contributed by atoms with Gasteiger partial charge in [-0.1, -0.05) is 17.8 Å². The van der Waals surface area contributed by atoms with Crippen molar-refractivity contribution in [3.05, 3.63) is 48.5 Å². The van der Waals surface area contributed by atoms with E-state index in [0.717, 1.165) is 23.0 Å². The average Bonchev–Trinajstić information content (AvgIpc) is 3.32. The molecule has 1 amide bonds. The SMILES string of the molecule is COc1cccc(-c2nnc(SCC(=O)Nc3ccc(N4CCN(S(C)(=O)=O)CC4)cc3)o2)c1. The maximum Gasteiger partial charge on any atom is 0.277 e. The van der Waals surface area contributed by atoms with Gasteiger partial charge in [0, 0.05) is 43.1 Å². The molecule has 180 valence electrons. The second-order valence-corrected chi connectivity index (χ2v) is 10.5. The molecule has 0 atom stereocenters. The van der Waals surface area contributed by atoms with Gasteiger partial charge in [-0.05, 0) is 42.5 Å². The third-order valence-electron chi connectivity index (χ3n) is 5.27. The van der Waals surface area contributed by atoms with E-state index < -0.39 is 10.0 Å². The fourth-order valence-corrected chi connectivity index (χ4v) is 4.89. The molecule has 4 rings (SSSR count). The molecule has 1 N–H and O–H groups in total. The molecule has 1 saturated heterocycles. The standard InChI is InChI=1S/C22H25N5O5S2/c1-31-19-5-3-4-16(14-19)21-24-25-22(32-21)33-15-20(28)23-17-6-8-18(9-7-17)26-10-12-27(13-11-26)34(2,29)30/h3-9,14H,10-13,15H2,1-2H3,(H,23,28). The number of amides is 1. The van der Waals surface area contributed by atoms with E-state index in [1.807, 2.05) is 42.5 Å². The Hall–Kier alpha value is -3.09. The zero-order chi connectivity index (χ0) is 24.1. The number of piperazine rings is 1. The van der Waals surface area contributed by atoms with Crippen molar-refractivity contribution >= 4 is 39.1 Å². The summed E-state index contributed by atoms with van der Waals surface area (Å²) in [5.74, 6) is 0.969. The lowest BCUT2D eigenvalue weighted by molar-refractivity contribution is -0.113. The van der Waals surface area contributed by atoms with E-state index in [1.165, 1.54) is 10.6 Å². The molecule has 0 unspecified atom stereocenters. The lowest BCUT2D eigenvalue weighted by atomic mass is 10.2. The topological polar surface area (TPSA) is 118 Å². The Morgan fingerprint density at radius 3 is 2.53 bits per heavy atom. The fraction of sp³-hybridized carbons (Fsp3) is 0.318. The van der Waals surface area contributed by atoms with Crippen LogP contribution in [0.2, 0.25) is 0 Å². The first-order chi connectivity index (χ1) is 16.3. The highest BCUT2D eigenvalue weighted by Gasteiger charge is 2.23. The Morgan fingerprint density at radius 1 is 1.12 bits per heavy atom. The number of aromatic nitrogens is 2. The first kappa shape index (κ1) is 24.0. The van der Waals surface area contributed by atoms with Gasteiger partial charge in [-0.2, -0.15) is 4.31 Å². The lowest BCUT2D eigenvalue weighted by Crippen LogP contribution is -2.48. The highest BCUT2D eigenvalue weighted by atomic mass is 32.2. The molecular formula is C22H25N5O5S2. The van der Waals surface area contributed by atoms with E-state index in [1.54, 1.807) is 13.2 Å².